The van der Waals surface area contributed by atoms with E-state index in [0.717, 1.165) is 122 Å². The molecule has 0 unspecified atom stereocenters. The van der Waals surface area contributed by atoms with Crippen LogP contribution in [0.15, 0.2) is 237 Å². The molecule has 0 radical (unpaired) electrons. The Morgan fingerprint density at radius 3 is 1.50 bits per heavy atom. The van der Waals surface area contributed by atoms with Gasteiger partial charge in [-0.3, -0.25) is 9.97 Å². The molecule has 0 saturated heterocycles. The summed E-state index contributed by atoms with van der Waals surface area (Å²) >= 11 is 0. The molecule has 0 amide bonds. The van der Waals surface area contributed by atoms with E-state index in [9.17, 15) is 0 Å². The first-order chi connectivity index (χ1) is 32.7. The van der Waals surface area contributed by atoms with E-state index in [-0.39, 0.29) is 0 Å². The van der Waals surface area contributed by atoms with Crippen LogP contribution in [0.1, 0.15) is 0 Å². The van der Waals surface area contributed by atoms with Gasteiger partial charge < -0.3 is 0 Å². The summed E-state index contributed by atoms with van der Waals surface area (Å²) < 4.78 is 0. The number of nitrogens with zero attached hydrogens (tertiary/aromatic N) is 5. The lowest BCUT2D eigenvalue weighted by atomic mass is 9.93. The molecule has 308 valence electrons. The van der Waals surface area contributed by atoms with E-state index in [1.54, 1.807) is 6.20 Å². The van der Waals surface area contributed by atoms with Crippen LogP contribution in [0.2, 0.25) is 0 Å². The Bertz CT molecular complexity index is 3590. The lowest BCUT2D eigenvalue weighted by Crippen LogP contribution is -1.94. The fraction of sp³-hybridized carbons (Fsp3) is 0. The second-order valence-electron chi connectivity index (χ2n) is 16.5. The zero-order valence-electron chi connectivity index (χ0n) is 35.8. The summed E-state index contributed by atoms with van der Waals surface area (Å²) in [7, 11) is 0. The van der Waals surface area contributed by atoms with Gasteiger partial charge in [-0.15, -0.1) is 0 Å². The number of hydrogen-bond acceptors (Lipinski definition) is 5. The molecule has 5 nitrogen and oxygen atoms in total. The van der Waals surface area contributed by atoms with Crippen molar-refractivity contribution in [1.82, 2.24) is 24.9 Å². The van der Waals surface area contributed by atoms with Crippen LogP contribution in [0.3, 0.4) is 0 Å². The van der Waals surface area contributed by atoms with E-state index in [0.29, 0.717) is 0 Å². The fourth-order valence-electron chi connectivity index (χ4n) is 8.99. The van der Waals surface area contributed by atoms with Gasteiger partial charge in [-0.05, 0) is 80.9 Å². The Kier molecular flexibility index (Phi) is 9.77. The van der Waals surface area contributed by atoms with Crippen molar-refractivity contribution in [2.45, 2.75) is 0 Å². The quantitative estimate of drug-likeness (QED) is 0.113. The van der Waals surface area contributed by atoms with Crippen molar-refractivity contribution in [2.24, 2.45) is 0 Å². The first kappa shape index (κ1) is 38.7. The van der Waals surface area contributed by atoms with E-state index in [1.807, 2.05) is 42.7 Å². The van der Waals surface area contributed by atoms with Crippen LogP contribution in [0.5, 0.6) is 0 Å². The van der Waals surface area contributed by atoms with Crippen LogP contribution in [0.25, 0.3) is 122 Å². The van der Waals surface area contributed by atoms with Gasteiger partial charge >= 0.3 is 0 Å². The maximum absolute atomic E-state index is 5.23. The molecule has 0 aliphatic rings. The van der Waals surface area contributed by atoms with Crippen LogP contribution in [-0.2, 0) is 0 Å². The first-order valence-electron chi connectivity index (χ1n) is 22.1. The maximum atomic E-state index is 5.23. The van der Waals surface area contributed by atoms with E-state index in [2.05, 4.69) is 193 Å². The van der Waals surface area contributed by atoms with E-state index < -0.39 is 0 Å². The average molecular weight is 842 g/mol. The van der Waals surface area contributed by atoms with Gasteiger partial charge in [0, 0.05) is 57.0 Å². The molecule has 0 aliphatic carbocycles. The number of pyridine rings is 5. The zero-order valence-corrected chi connectivity index (χ0v) is 35.8. The monoisotopic (exact) mass is 841 g/mol. The van der Waals surface area contributed by atoms with Crippen LogP contribution in [0, 0.1) is 0 Å². The lowest BCUT2D eigenvalue weighted by molar-refractivity contribution is 1.25. The third-order valence-corrected chi connectivity index (χ3v) is 12.4. The molecule has 5 heteroatoms. The predicted molar refractivity (Wildman–Crippen MR) is 271 cm³/mol. The molecule has 7 aromatic carbocycles. The minimum atomic E-state index is 0.815. The summed E-state index contributed by atoms with van der Waals surface area (Å²) in [5, 5.41) is 3.26. The second-order valence-corrected chi connectivity index (χ2v) is 16.5. The number of para-hydroxylation sites is 1. The van der Waals surface area contributed by atoms with Gasteiger partial charge in [0.2, 0.25) is 0 Å². The van der Waals surface area contributed by atoms with Gasteiger partial charge in [-0.25, -0.2) is 15.0 Å². The smallest absolute Gasteiger partial charge is 0.0978 e. The summed E-state index contributed by atoms with van der Waals surface area (Å²) in [5.74, 6) is 0. The fourth-order valence-corrected chi connectivity index (χ4v) is 8.99. The molecular weight excluding hydrogens is 803 g/mol. The summed E-state index contributed by atoms with van der Waals surface area (Å²) in [6.07, 6.45) is 5.62. The molecule has 5 heterocycles. The van der Waals surface area contributed by atoms with E-state index in [4.69, 9.17) is 19.9 Å². The summed E-state index contributed by atoms with van der Waals surface area (Å²) in [5.41, 5.74) is 19.4. The number of fused-ring (bicyclic) bond motifs is 4. The Morgan fingerprint density at radius 2 is 0.803 bits per heavy atom. The van der Waals surface area contributed by atoms with E-state index >= 15 is 0 Å². The van der Waals surface area contributed by atoms with Crippen LogP contribution in [0.4, 0.5) is 0 Å². The molecule has 0 saturated carbocycles. The third kappa shape index (κ3) is 7.34. The third-order valence-electron chi connectivity index (χ3n) is 12.4. The highest BCUT2D eigenvalue weighted by Gasteiger charge is 2.16. The number of aromatic nitrogens is 5. The van der Waals surface area contributed by atoms with Gasteiger partial charge in [0.05, 0.1) is 39.3 Å². The normalized spacial score (nSPS) is 11.3. The Labute approximate surface area is 382 Å². The van der Waals surface area contributed by atoms with Gasteiger partial charge in [-0.1, -0.05) is 182 Å². The first-order valence-corrected chi connectivity index (χ1v) is 22.1. The highest BCUT2D eigenvalue weighted by molar-refractivity contribution is 6.16. The highest BCUT2D eigenvalue weighted by Crippen LogP contribution is 2.39. The second kappa shape index (κ2) is 16.6. The van der Waals surface area contributed by atoms with E-state index in [1.165, 1.54) is 0 Å². The molecule has 0 atom stereocenters. The van der Waals surface area contributed by atoms with Crippen molar-refractivity contribution in [3.63, 3.8) is 0 Å². The van der Waals surface area contributed by atoms with Gasteiger partial charge in [0.25, 0.3) is 0 Å². The minimum absolute atomic E-state index is 0.815. The Morgan fingerprint density at radius 1 is 0.273 bits per heavy atom. The topological polar surface area (TPSA) is 64.5 Å². The van der Waals surface area contributed by atoms with Gasteiger partial charge in [0.15, 0.2) is 0 Å². The van der Waals surface area contributed by atoms with Crippen LogP contribution in [-0.4, -0.2) is 24.9 Å². The number of rotatable bonds is 8. The Hall–Kier alpha value is -8.93. The van der Waals surface area contributed by atoms with Crippen molar-refractivity contribution in [3.05, 3.63) is 237 Å². The van der Waals surface area contributed by atoms with Gasteiger partial charge in [-0.2, -0.15) is 0 Å². The molecule has 0 bridgehead atoms. The van der Waals surface area contributed by atoms with Crippen molar-refractivity contribution < 1.29 is 0 Å². The molecule has 66 heavy (non-hydrogen) atoms. The Balaban J connectivity index is 0.892. The predicted octanol–water partition coefficient (Wildman–Crippen LogP) is 15.5. The average Bonchev–Trinajstić information content (AvgIpc) is 3.41. The molecule has 5 aromatic heterocycles. The molecule has 12 rings (SSSR count). The summed E-state index contributed by atoms with van der Waals surface area (Å²) in [4.78, 5) is 24.8. The molecule has 0 aliphatic heterocycles. The molecule has 0 fully saturated rings. The van der Waals surface area contributed by atoms with Crippen molar-refractivity contribution in [1.29, 1.82) is 0 Å². The highest BCUT2D eigenvalue weighted by atomic mass is 14.8. The SMILES string of the molecule is c1ccc(-c2ccc(-c3cc(-c4ccc(-c5ccc(-c6c7ccccc7nc7c6ccc6ccc(-c8ccccc8)nc67)cc5)cc4)cc(-c4ccc(-c5cccnc5)cc4)n3)nc2)cc1. The zero-order chi connectivity index (χ0) is 43.8. The van der Waals surface area contributed by atoms with Crippen molar-refractivity contribution >= 4 is 32.7 Å². The maximum Gasteiger partial charge on any atom is 0.0978 e. The number of benzene rings is 7. The molecule has 12 aromatic rings. The largest absolute Gasteiger partial charge is 0.264 e. The molecular formula is C61H39N5. The summed E-state index contributed by atoms with van der Waals surface area (Å²) in [6, 6.07) is 76.5. The standard InChI is InChI=1S/C61H39N5/c1-3-10-40(11-4-1)50-31-34-56(63-39-50)58-37-51(36-57(64-58)46-25-21-43(22-26-46)49-14-9-35-62-38-49)44-19-17-41(18-20-44)42-23-27-47(28-24-42)59-52-15-7-8-16-55(52)66-61-53(59)32-29-48-30-33-54(65-60(48)61)45-12-5-2-6-13-45/h1-39H. The van der Waals surface area contributed by atoms with Crippen LogP contribution >= 0.6 is 0 Å². The number of hydrogen-bond donors (Lipinski definition) is 0. The molecule has 0 spiro atoms. The van der Waals surface area contributed by atoms with Crippen molar-refractivity contribution in [3.8, 4) is 89.5 Å². The lowest BCUT2D eigenvalue weighted by Gasteiger charge is -2.14. The van der Waals surface area contributed by atoms with Crippen molar-refractivity contribution in [2.75, 3.05) is 0 Å². The molecule has 0 N–H and O–H groups in total. The van der Waals surface area contributed by atoms with Crippen LogP contribution < -0.4 is 0 Å². The van der Waals surface area contributed by atoms with Gasteiger partial charge in [0.1, 0.15) is 0 Å². The minimum Gasteiger partial charge on any atom is -0.264 e. The summed E-state index contributed by atoms with van der Waals surface area (Å²) in [6.45, 7) is 0.